The van der Waals surface area contributed by atoms with Crippen LogP contribution in [0.4, 0.5) is 10.5 Å². The third kappa shape index (κ3) is 5.90. The van der Waals surface area contributed by atoms with Gasteiger partial charge in [0.15, 0.2) is 5.69 Å². The Labute approximate surface area is 130 Å². The van der Waals surface area contributed by atoms with E-state index in [2.05, 4.69) is 5.32 Å². The summed E-state index contributed by atoms with van der Waals surface area (Å²) in [6, 6.07) is 5.27. The number of amides is 1. The highest BCUT2D eigenvalue weighted by atomic mass is 16.8. The van der Waals surface area contributed by atoms with Crippen LogP contribution in [-0.2, 0) is 14.3 Å². The molecule has 0 aliphatic carbocycles. The van der Waals surface area contributed by atoms with Crippen molar-refractivity contribution in [3.63, 3.8) is 0 Å². The van der Waals surface area contributed by atoms with Gasteiger partial charge in [0.05, 0.1) is 5.56 Å². The quantitative estimate of drug-likeness (QED) is 0.324. The van der Waals surface area contributed by atoms with E-state index in [0.717, 1.165) is 0 Å². The third-order valence-corrected chi connectivity index (χ3v) is 2.76. The molecule has 0 aromatic heterocycles. The van der Waals surface area contributed by atoms with Crippen molar-refractivity contribution in [2.45, 2.75) is 18.9 Å². The molecule has 0 fully saturated rings. The van der Waals surface area contributed by atoms with Gasteiger partial charge in [-0.2, -0.15) is 5.23 Å². The van der Waals surface area contributed by atoms with Gasteiger partial charge in [-0.1, -0.05) is 12.1 Å². The van der Waals surface area contributed by atoms with Crippen molar-refractivity contribution in [3.05, 3.63) is 35.0 Å². The second-order valence-corrected chi connectivity index (χ2v) is 4.44. The van der Waals surface area contributed by atoms with Crippen LogP contribution in [0.2, 0.25) is 0 Å². The van der Waals surface area contributed by atoms with E-state index in [1.54, 1.807) is 0 Å². The first-order valence-corrected chi connectivity index (χ1v) is 6.54. The lowest BCUT2D eigenvalue weighted by molar-refractivity contribution is -0.991. The minimum Gasteiger partial charge on any atom is -0.595 e. The largest absolute Gasteiger partial charge is 0.595 e. The number of ether oxygens (including phenoxy) is 1. The smallest absolute Gasteiger partial charge is 0.408 e. The second-order valence-electron chi connectivity index (χ2n) is 4.44. The highest BCUT2D eigenvalue weighted by Gasteiger charge is 2.29. The molecule has 0 radical (unpaired) electrons. The van der Waals surface area contributed by atoms with Gasteiger partial charge in [0, 0.05) is 19.0 Å². The molecule has 1 aromatic carbocycles. The van der Waals surface area contributed by atoms with Gasteiger partial charge in [-0.3, -0.25) is 4.79 Å². The molecule has 0 aliphatic heterocycles. The van der Waals surface area contributed by atoms with Crippen LogP contribution in [-0.4, -0.2) is 40.0 Å². The molecule has 2 unspecified atom stereocenters. The van der Waals surface area contributed by atoms with E-state index in [-0.39, 0.29) is 30.6 Å². The minimum atomic E-state index is -1.79. The Kier molecular flexibility index (Phi) is 6.93. The molecule has 0 bridgehead atoms. The average molecular weight is 328 g/mol. The maximum absolute atomic E-state index is 11.6. The van der Waals surface area contributed by atoms with Crippen molar-refractivity contribution in [3.8, 4) is 0 Å². The van der Waals surface area contributed by atoms with Crippen LogP contribution in [0, 0.1) is 5.21 Å². The number of carboxylic acid groups (broad SMARTS) is 2. The molecule has 2 atom stereocenters. The number of carbonyl (C=O) groups excluding carboxylic acids is 1. The third-order valence-electron chi connectivity index (χ3n) is 2.76. The summed E-state index contributed by atoms with van der Waals surface area (Å²) in [5, 5.41) is 38.6. The molecule has 1 rings (SSSR count). The molecule has 10 nitrogen and oxygen atoms in total. The maximum atomic E-state index is 11.6. The van der Waals surface area contributed by atoms with E-state index in [1.807, 2.05) is 0 Å². The number of nitrogens with one attached hydrogen (secondary N) is 2. The van der Waals surface area contributed by atoms with Crippen molar-refractivity contribution in [1.82, 2.24) is 5.32 Å². The first-order valence-electron chi connectivity index (χ1n) is 6.54. The zero-order valence-corrected chi connectivity index (χ0v) is 11.9. The van der Waals surface area contributed by atoms with Crippen LogP contribution in [0.3, 0.4) is 0 Å². The number of carbonyl (C=O) groups is 3. The molecule has 0 saturated heterocycles. The lowest BCUT2D eigenvalue weighted by atomic mass is 10.1. The summed E-state index contributed by atoms with van der Waals surface area (Å²) in [5.74, 6) is -2.56. The Hall–Kier alpha value is -2.69. The number of alkyl carbamates (subject to hydrolysis) is 1. The van der Waals surface area contributed by atoms with Gasteiger partial charge in [-0.25, -0.2) is 14.8 Å². The van der Waals surface area contributed by atoms with Crippen LogP contribution in [0.15, 0.2) is 24.3 Å². The van der Waals surface area contributed by atoms with Crippen LogP contribution >= 0.6 is 0 Å². The van der Waals surface area contributed by atoms with Gasteiger partial charge in [0.1, 0.15) is 0 Å². The van der Waals surface area contributed by atoms with Gasteiger partial charge in [-0.05, 0) is 12.5 Å². The highest BCUT2D eigenvalue weighted by Crippen LogP contribution is 2.23. The molecule has 0 aliphatic rings. The number of aliphatic carboxylic acids is 2. The summed E-state index contributed by atoms with van der Waals surface area (Å²) >= 11 is 0. The van der Waals surface area contributed by atoms with Crippen molar-refractivity contribution in [2.75, 3.05) is 6.54 Å². The molecule has 0 saturated carbocycles. The summed E-state index contributed by atoms with van der Waals surface area (Å²) in [6.45, 7) is -0.0158. The number of para-hydroxylation sites is 1. The number of hydrogen-bond donors (Lipinski definition) is 5. The van der Waals surface area contributed by atoms with Gasteiger partial charge >= 0.3 is 18.0 Å². The molecular weight excluding hydrogens is 312 g/mol. The van der Waals surface area contributed by atoms with E-state index in [1.165, 1.54) is 24.3 Å². The van der Waals surface area contributed by atoms with Crippen molar-refractivity contribution in [1.29, 1.82) is 0 Å². The summed E-state index contributed by atoms with van der Waals surface area (Å²) in [5.41, 5.74) is -0.466. The zero-order valence-electron chi connectivity index (χ0n) is 11.9. The fourth-order valence-corrected chi connectivity index (χ4v) is 1.75. The molecule has 10 heteroatoms. The summed E-state index contributed by atoms with van der Waals surface area (Å²) in [4.78, 5) is 33.1. The maximum Gasteiger partial charge on any atom is 0.408 e. The van der Waals surface area contributed by atoms with Crippen LogP contribution < -0.4 is 10.5 Å². The molecule has 23 heavy (non-hydrogen) atoms. The molecule has 0 heterocycles. The van der Waals surface area contributed by atoms with E-state index in [4.69, 9.17) is 20.2 Å². The van der Waals surface area contributed by atoms with E-state index in [9.17, 15) is 19.6 Å². The monoisotopic (exact) mass is 328 g/mol. The molecule has 1 aromatic rings. The predicted octanol–water partition coefficient (Wildman–Crippen LogP) is -0.193. The Morgan fingerprint density at radius 3 is 2.48 bits per heavy atom. The minimum absolute atomic E-state index is 0.0158. The first-order chi connectivity index (χ1) is 10.8. The Morgan fingerprint density at radius 2 is 1.91 bits per heavy atom. The topological polar surface area (TPSA) is 161 Å². The zero-order chi connectivity index (χ0) is 17.4. The Balaban J connectivity index is 2.75. The molecule has 0 spiro atoms. The van der Waals surface area contributed by atoms with Crippen LogP contribution in [0.5, 0.6) is 0 Å². The van der Waals surface area contributed by atoms with Crippen molar-refractivity contribution in [2.24, 2.45) is 0 Å². The molecule has 126 valence electrons. The SMILES string of the molecule is O=C(O)CCCNC(=O)OC(C(=O)O)c1ccccc1[NH+]([O-])O. The summed E-state index contributed by atoms with van der Waals surface area (Å²) in [7, 11) is 0. The number of benzene rings is 1. The number of hydrogen-bond acceptors (Lipinski definition) is 6. The Bertz CT molecular complexity index is 575. The number of quaternary nitrogens is 1. The lowest BCUT2D eigenvalue weighted by Crippen LogP contribution is -2.99. The van der Waals surface area contributed by atoms with E-state index < -0.39 is 29.4 Å². The van der Waals surface area contributed by atoms with Gasteiger partial charge in [0.25, 0.3) is 0 Å². The second kappa shape index (κ2) is 8.68. The standard InChI is InChI=1S/C13H16N2O8/c16-10(17)6-3-7-14-13(20)23-11(12(18)19)8-4-1-2-5-9(8)15(21)22/h1-2,4-5,11,15,21H,3,6-7H2,(H,14,20)(H,16,17)(H,18,19). The first kappa shape index (κ1) is 18.4. The predicted molar refractivity (Wildman–Crippen MR) is 73.9 cm³/mol. The van der Waals surface area contributed by atoms with Crippen LogP contribution in [0.1, 0.15) is 24.5 Å². The van der Waals surface area contributed by atoms with Gasteiger partial charge in [0.2, 0.25) is 6.10 Å². The summed E-state index contributed by atoms with van der Waals surface area (Å²) < 4.78 is 4.74. The van der Waals surface area contributed by atoms with Gasteiger partial charge < -0.3 is 25.5 Å². The Morgan fingerprint density at radius 1 is 1.26 bits per heavy atom. The molecular formula is C13H16N2O8. The fraction of sp³-hybridized carbons (Fsp3) is 0.308. The van der Waals surface area contributed by atoms with E-state index >= 15 is 0 Å². The normalized spacial score (nSPS) is 13.0. The average Bonchev–Trinajstić information content (AvgIpc) is 2.48. The van der Waals surface area contributed by atoms with E-state index in [0.29, 0.717) is 0 Å². The van der Waals surface area contributed by atoms with Crippen molar-refractivity contribution >= 4 is 23.7 Å². The van der Waals surface area contributed by atoms with Gasteiger partial charge in [-0.15, -0.1) is 0 Å². The highest BCUT2D eigenvalue weighted by molar-refractivity contribution is 5.80. The number of rotatable bonds is 8. The van der Waals surface area contributed by atoms with Crippen LogP contribution in [0.25, 0.3) is 0 Å². The fourth-order valence-electron chi connectivity index (χ4n) is 1.75. The van der Waals surface area contributed by atoms with Crippen molar-refractivity contribution < 1.29 is 39.8 Å². The molecule has 1 amide bonds. The molecule has 5 N–H and O–H groups in total. The summed E-state index contributed by atoms with van der Waals surface area (Å²) in [6.07, 6.45) is -2.89. The lowest BCUT2D eigenvalue weighted by Gasteiger charge is -2.19. The number of carboxylic acids is 2.